The van der Waals surface area contributed by atoms with E-state index in [1.807, 2.05) is 0 Å². The molecule has 0 aromatic rings. The maximum atomic E-state index is 12.1. The van der Waals surface area contributed by atoms with E-state index in [0.717, 1.165) is 12.3 Å². The topological polar surface area (TPSA) is 41.8 Å². The molecule has 60 valence electrons. The summed E-state index contributed by atoms with van der Waals surface area (Å²) in [6.07, 6.45) is -1.05. The smallest absolute Gasteiger partial charge is 0.277 e. The Morgan fingerprint density at radius 3 is 2.45 bits per heavy atom. The number of rotatable bonds is 2. The van der Waals surface area contributed by atoms with Crippen molar-refractivity contribution >= 4 is 16.8 Å². The summed E-state index contributed by atoms with van der Waals surface area (Å²) in [7, 11) is 0. The summed E-state index contributed by atoms with van der Waals surface area (Å²) in [6.45, 7) is 0. The molecule has 0 spiro atoms. The van der Waals surface area contributed by atoms with E-state index in [1.165, 1.54) is 0 Å². The summed E-state index contributed by atoms with van der Waals surface area (Å²) < 4.78 is 24.3. The summed E-state index contributed by atoms with van der Waals surface area (Å²) >= 11 is 4.91. The van der Waals surface area contributed by atoms with Crippen LogP contribution in [0.4, 0.5) is 8.78 Å². The molecule has 1 unspecified atom stereocenters. The van der Waals surface area contributed by atoms with Gasteiger partial charge in [0.2, 0.25) is 5.54 Å². The van der Waals surface area contributed by atoms with E-state index in [2.05, 4.69) is 10.2 Å². The first-order valence-corrected chi connectivity index (χ1v) is 3.05. The molecule has 6 heteroatoms. The van der Waals surface area contributed by atoms with Crippen LogP contribution in [-0.2, 0) is 4.79 Å². The number of hydrogen-bond acceptors (Lipinski definition) is 3. The molecule has 0 amide bonds. The van der Waals surface area contributed by atoms with Gasteiger partial charge in [0.05, 0.1) is 0 Å². The Kier molecular flexibility index (Phi) is 1.99. The van der Waals surface area contributed by atoms with Gasteiger partial charge in [-0.15, -0.1) is 0 Å². The largest absolute Gasteiger partial charge is 0.278 e. The predicted molar refractivity (Wildman–Crippen MR) is 33.6 cm³/mol. The highest BCUT2D eigenvalue weighted by Crippen LogP contribution is 2.29. The third-order valence-electron chi connectivity index (χ3n) is 1.27. The van der Waals surface area contributed by atoms with Gasteiger partial charge in [-0.2, -0.15) is 10.2 Å². The van der Waals surface area contributed by atoms with Crippen LogP contribution in [0.15, 0.2) is 22.5 Å². The summed E-state index contributed by atoms with van der Waals surface area (Å²) in [5.41, 5.74) is -2.23. The standard InChI is InChI=1S/C5H3ClF2N2O/c6-3(11)5(4(7)8)1-2-9-10-5/h1-2,4H. The summed E-state index contributed by atoms with van der Waals surface area (Å²) in [6, 6.07) is 0. The second kappa shape index (κ2) is 2.65. The zero-order valence-electron chi connectivity index (χ0n) is 5.17. The lowest BCUT2D eigenvalue weighted by atomic mass is 10.1. The highest BCUT2D eigenvalue weighted by Gasteiger charge is 2.46. The van der Waals surface area contributed by atoms with Gasteiger partial charge in [0.15, 0.2) is 0 Å². The van der Waals surface area contributed by atoms with Crippen LogP contribution in [0, 0.1) is 0 Å². The van der Waals surface area contributed by atoms with Crippen molar-refractivity contribution in [3.63, 3.8) is 0 Å². The third-order valence-corrected chi connectivity index (χ3v) is 1.57. The van der Waals surface area contributed by atoms with Crippen molar-refractivity contribution in [2.75, 3.05) is 0 Å². The quantitative estimate of drug-likeness (QED) is 0.597. The number of azo groups is 1. The lowest BCUT2D eigenvalue weighted by Gasteiger charge is -2.14. The van der Waals surface area contributed by atoms with Crippen LogP contribution in [0.1, 0.15) is 0 Å². The van der Waals surface area contributed by atoms with E-state index in [9.17, 15) is 13.6 Å². The third kappa shape index (κ3) is 1.16. The fourth-order valence-electron chi connectivity index (χ4n) is 0.616. The zero-order valence-corrected chi connectivity index (χ0v) is 5.92. The lowest BCUT2D eigenvalue weighted by molar-refractivity contribution is -0.119. The molecule has 0 saturated heterocycles. The molecule has 0 bridgehead atoms. The van der Waals surface area contributed by atoms with Gasteiger partial charge in [0.25, 0.3) is 11.7 Å². The minimum Gasteiger partial charge on any atom is -0.278 e. The Balaban J connectivity index is 2.99. The molecular formula is C5H3ClF2N2O. The number of hydrogen-bond donors (Lipinski definition) is 0. The first kappa shape index (κ1) is 8.26. The Morgan fingerprint density at radius 1 is 1.64 bits per heavy atom. The predicted octanol–water partition coefficient (Wildman–Crippen LogP) is 1.74. The van der Waals surface area contributed by atoms with Gasteiger partial charge < -0.3 is 0 Å². The maximum Gasteiger partial charge on any atom is 0.277 e. The van der Waals surface area contributed by atoms with Crippen molar-refractivity contribution in [3.8, 4) is 0 Å². The normalized spacial score (nSPS) is 28.4. The first-order chi connectivity index (χ1) is 5.09. The zero-order chi connectivity index (χ0) is 8.48. The highest BCUT2D eigenvalue weighted by molar-refractivity contribution is 6.66. The van der Waals surface area contributed by atoms with Gasteiger partial charge in [-0.25, -0.2) is 8.78 Å². The van der Waals surface area contributed by atoms with Crippen molar-refractivity contribution in [1.29, 1.82) is 0 Å². The van der Waals surface area contributed by atoms with Crippen molar-refractivity contribution in [3.05, 3.63) is 12.3 Å². The highest BCUT2D eigenvalue weighted by atomic mass is 35.5. The fraction of sp³-hybridized carbons (Fsp3) is 0.400. The van der Waals surface area contributed by atoms with Crippen LogP contribution in [0.5, 0.6) is 0 Å². The molecule has 3 nitrogen and oxygen atoms in total. The molecule has 0 fully saturated rings. The van der Waals surface area contributed by atoms with Gasteiger partial charge in [0.1, 0.15) is 0 Å². The van der Waals surface area contributed by atoms with Gasteiger partial charge >= 0.3 is 0 Å². The maximum absolute atomic E-state index is 12.1. The molecule has 1 aliphatic heterocycles. The average Bonchev–Trinajstić information content (AvgIpc) is 2.34. The first-order valence-electron chi connectivity index (χ1n) is 2.67. The van der Waals surface area contributed by atoms with Crippen molar-refractivity contribution < 1.29 is 13.6 Å². The van der Waals surface area contributed by atoms with E-state index in [4.69, 9.17) is 11.6 Å². The Labute approximate surface area is 65.7 Å². The van der Waals surface area contributed by atoms with Crippen LogP contribution in [0.25, 0.3) is 0 Å². The molecular weight excluding hydrogens is 178 g/mol. The molecule has 0 saturated carbocycles. The fourth-order valence-corrected chi connectivity index (χ4v) is 0.799. The van der Waals surface area contributed by atoms with Crippen LogP contribution >= 0.6 is 11.6 Å². The van der Waals surface area contributed by atoms with Crippen molar-refractivity contribution in [2.24, 2.45) is 10.2 Å². The lowest BCUT2D eigenvalue weighted by Crippen LogP contribution is -2.37. The molecule has 0 aromatic heterocycles. The molecule has 0 aliphatic carbocycles. The number of alkyl halides is 2. The van der Waals surface area contributed by atoms with Crippen molar-refractivity contribution in [1.82, 2.24) is 0 Å². The van der Waals surface area contributed by atoms with Crippen LogP contribution in [-0.4, -0.2) is 17.2 Å². The molecule has 0 aromatic carbocycles. The minimum atomic E-state index is -2.95. The molecule has 0 radical (unpaired) electrons. The number of carbonyl (C=O) groups is 1. The number of nitrogens with zero attached hydrogens (tertiary/aromatic N) is 2. The molecule has 1 atom stereocenters. The van der Waals surface area contributed by atoms with E-state index >= 15 is 0 Å². The van der Waals surface area contributed by atoms with Crippen LogP contribution in [0.3, 0.4) is 0 Å². The monoisotopic (exact) mass is 180 g/mol. The molecule has 11 heavy (non-hydrogen) atoms. The number of carbonyl (C=O) groups excluding carboxylic acids is 1. The Morgan fingerprint density at radius 2 is 2.27 bits per heavy atom. The second-order valence-electron chi connectivity index (χ2n) is 1.93. The Bertz CT molecular complexity index is 227. The molecule has 1 aliphatic rings. The summed E-state index contributed by atoms with van der Waals surface area (Å²) in [5, 5.41) is 4.97. The van der Waals surface area contributed by atoms with Gasteiger partial charge in [-0.3, -0.25) is 4.79 Å². The minimum absolute atomic E-state index is 0.882. The number of halogens is 3. The van der Waals surface area contributed by atoms with E-state index in [1.54, 1.807) is 0 Å². The van der Waals surface area contributed by atoms with Gasteiger partial charge in [-0.05, 0) is 17.7 Å². The van der Waals surface area contributed by atoms with Gasteiger partial charge in [0, 0.05) is 6.20 Å². The molecule has 1 heterocycles. The second-order valence-corrected chi connectivity index (χ2v) is 2.27. The van der Waals surface area contributed by atoms with E-state index in [-0.39, 0.29) is 0 Å². The van der Waals surface area contributed by atoms with E-state index in [0.29, 0.717) is 0 Å². The Hall–Kier alpha value is -0.840. The van der Waals surface area contributed by atoms with E-state index < -0.39 is 17.2 Å². The summed E-state index contributed by atoms with van der Waals surface area (Å²) in [5.74, 6) is 0. The van der Waals surface area contributed by atoms with Crippen molar-refractivity contribution in [2.45, 2.75) is 12.0 Å². The SMILES string of the molecule is O=C(Cl)C1(C(F)F)C=CN=N1. The van der Waals surface area contributed by atoms with Crippen LogP contribution < -0.4 is 0 Å². The molecule has 0 N–H and O–H groups in total. The van der Waals surface area contributed by atoms with Gasteiger partial charge in [-0.1, -0.05) is 0 Å². The summed E-state index contributed by atoms with van der Waals surface area (Å²) in [4.78, 5) is 10.5. The molecule has 1 rings (SSSR count). The average molecular weight is 181 g/mol. The van der Waals surface area contributed by atoms with Crippen LogP contribution in [0.2, 0.25) is 0 Å².